The first kappa shape index (κ1) is 36.0. The van der Waals surface area contributed by atoms with E-state index in [9.17, 15) is 38.6 Å². The first-order valence-electron chi connectivity index (χ1n) is 15.8. The predicted octanol–water partition coefficient (Wildman–Crippen LogP) is 5.25. The van der Waals surface area contributed by atoms with Crippen LogP contribution in [0.2, 0.25) is 5.02 Å². The van der Waals surface area contributed by atoms with Gasteiger partial charge in [-0.25, -0.2) is 9.97 Å². The van der Waals surface area contributed by atoms with Crippen LogP contribution in [0.25, 0.3) is 11.2 Å². The van der Waals surface area contributed by atoms with Crippen LogP contribution in [0.5, 0.6) is 0 Å². The van der Waals surface area contributed by atoms with Crippen LogP contribution in [0.3, 0.4) is 0 Å². The van der Waals surface area contributed by atoms with Crippen LogP contribution in [0.4, 0.5) is 36.6 Å². The average molecular weight is 758 g/mol. The molecule has 3 aromatic heterocycles. The molecule has 0 spiro atoms. The molecule has 13 nitrogen and oxygen atoms in total. The van der Waals surface area contributed by atoms with Crippen LogP contribution in [0.15, 0.2) is 45.1 Å². The van der Waals surface area contributed by atoms with E-state index in [1.165, 1.54) is 23.9 Å². The molecule has 1 saturated heterocycles. The van der Waals surface area contributed by atoms with Gasteiger partial charge in [-0.15, -0.1) is 0 Å². The van der Waals surface area contributed by atoms with E-state index in [4.69, 9.17) is 11.6 Å². The van der Waals surface area contributed by atoms with Crippen molar-refractivity contribution in [3.05, 3.63) is 73.0 Å². The number of benzene rings is 1. The second kappa shape index (κ2) is 11.9. The molecule has 1 aliphatic carbocycles. The fraction of sp³-hybridized carbons (Fsp3) is 0.387. The molecule has 4 heterocycles. The van der Waals surface area contributed by atoms with Gasteiger partial charge in [0, 0.05) is 45.1 Å². The number of carbonyl (C=O) groups is 2. The van der Waals surface area contributed by atoms with E-state index in [0.717, 1.165) is 0 Å². The Morgan fingerprint density at radius 3 is 2.39 bits per heavy atom. The van der Waals surface area contributed by atoms with Gasteiger partial charge in [-0.1, -0.05) is 38.0 Å². The number of H-pyrrole nitrogens is 1. The largest absolute Gasteiger partial charge is 0.361 e. The normalized spacial score (nSPS) is 18.8. The highest BCUT2D eigenvalue weighted by Crippen LogP contribution is 3.02. The Morgan fingerprint density at radius 1 is 1.08 bits per heavy atom. The maximum Gasteiger partial charge on any atom is 0.310 e. The Hall–Kier alpha value is -4.78. The number of aryl methyl sites for hydroxylation is 1. The van der Waals surface area contributed by atoms with Crippen molar-refractivity contribution >= 4 is 62.0 Å². The fourth-order valence-electron chi connectivity index (χ4n) is 6.52. The van der Waals surface area contributed by atoms with Crippen molar-refractivity contribution in [2.24, 2.45) is 0 Å². The van der Waals surface area contributed by atoms with Gasteiger partial charge >= 0.3 is 10.2 Å². The summed E-state index contributed by atoms with van der Waals surface area (Å²) in [6.07, 6.45) is 4.16. The summed E-state index contributed by atoms with van der Waals surface area (Å²) >= 11 is 5.92. The summed E-state index contributed by atoms with van der Waals surface area (Å²) in [5.41, 5.74) is -0.474. The highest BCUT2D eigenvalue weighted by Gasteiger charge is 2.65. The lowest BCUT2D eigenvalue weighted by atomic mass is 9.81. The molecule has 1 aliphatic heterocycles. The minimum Gasteiger partial charge on any atom is -0.361 e. The summed E-state index contributed by atoms with van der Waals surface area (Å²) in [4.78, 5) is 66.0. The number of aromatic amines is 1. The molecule has 0 bridgehead atoms. The number of carbonyl (C=O) groups excluding carboxylic acids is 2. The molecule has 274 valence electrons. The molecule has 0 unspecified atom stereocenters. The second-order valence-electron chi connectivity index (χ2n) is 12.6. The molecule has 0 radical (unpaired) electrons. The number of piperazine rings is 1. The van der Waals surface area contributed by atoms with Crippen LogP contribution in [-0.2, 0) is 17.8 Å². The van der Waals surface area contributed by atoms with Crippen molar-refractivity contribution in [3.63, 3.8) is 0 Å². The van der Waals surface area contributed by atoms with Crippen molar-refractivity contribution in [1.82, 2.24) is 29.6 Å². The second-order valence-corrected chi connectivity index (χ2v) is 15.5. The van der Waals surface area contributed by atoms with Crippen LogP contribution in [-0.4, -0.2) is 80.7 Å². The van der Waals surface area contributed by atoms with Gasteiger partial charge in [0.1, 0.15) is 34.2 Å². The molecule has 2 fully saturated rings. The number of amides is 2. The molecule has 4 aromatic rings. The van der Waals surface area contributed by atoms with Gasteiger partial charge in [-0.2, -0.15) is 5.10 Å². The molecule has 2 amide bonds. The molecule has 6 rings (SSSR count). The Balaban J connectivity index is 1.38. The summed E-state index contributed by atoms with van der Waals surface area (Å²) in [6, 6.07) is 0.214. The molecule has 2 atom stereocenters. The van der Waals surface area contributed by atoms with Gasteiger partial charge in [0.2, 0.25) is 16.8 Å². The van der Waals surface area contributed by atoms with Gasteiger partial charge in [-0.3, -0.25) is 24.3 Å². The summed E-state index contributed by atoms with van der Waals surface area (Å²) in [5, 5.41) is 8.05. The Kier molecular flexibility index (Phi) is 8.40. The number of aromatic nitrogens is 5. The zero-order chi connectivity index (χ0) is 37.3. The highest BCUT2D eigenvalue weighted by molar-refractivity contribution is 8.45. The molecule has 20 heteroatoms. The van der Waals surface area contributed by atoms with Crippen LogP contribution in [0, 0.1) is 6.92 Å². The Labute approximate surface area is 292 Å². The van der Waals surface area contributed by atoms with Crippen molar-refractivity contribution in [1.29, 1.82) is 0 Å². The van der Waals surface area contributed by atoms with E-state index in [-0.39, 0.29) is 77.5 Å². The summed E-state index contributed by atoms with van der Waals surface area (Å²) in [7, 11) is -6.61. The quantitative estimate of drug-likeness (QED) is 0.230. The average Bonchev–Trinajstić information content (AvgIpc) is 3.03. The number of rotatable bonds is 8. The minimum atomic E-state index is -10.0. The SMILES string of the molecule is CCc1c(N2CCN(C(=O)c3c[nH]nc(C)c3=O)[C@H]3CC[C@@H]32)c(=O)c2nc(N(C)C)cnc2n1CC(=O)Nc1ccc(S(F)(F)(F)(F)F)cc1Cl. The maximum absolute atomic E-state index is 14.3. The summed E-state index contributed by atoms with van der Waals surface area (Å²) in [6.45, 7) is 3.16. The van der Waals surface area contributed by atoms with Gasteiger partial charge in [0.25, 0.3) is 5.91 Å². The van der Waals surface area contributed by atoms with Crippen molar-refractivity contribution in [2.75, 3.05) is 42.3 Å². The van der Waals surface area contributed by atoms with Crippen LogP contribution in [0.1, 0.15) is 41.5 Å². The number of anilines is 3. The smallest absolute Gasteiger partial charge is 0.310 e. The lowest BCUT2D eigenvalue weighted by Gasteiger charge is -2.54. The van der Waals surface area contributed by atoms with Crippen molar-refractivity contribution in [3.8, 4) is 0 Å². The van der Waals surface area contributed by atoms with E-state index in [1.54, 1.807) is 30.8 Å². The van der Waals surface area contributed by atoms with E-state index < -0.39 is 49.4 Å². The van der Waals surface area contributed by atoms with Crippen molar-refractivity contribution < 1.29 is 29.0 Å². The molecule has 1 saturated carbocycles. The van der Waals surface area contributed by atoms with Crippen LogP contribution < -0.4 is 26.0 Å². The Morgan fingerprint density at radius 2 is 1.78 bits per heavy atom. The zero-order valence-corrected chi connectivity index (χ0v) is 29.3. The summed E-state index contributed by atoms with van der Waals surface area (Å²) in [5.74, 6) is -0.888. The van der Waals surface area contributed by atoms with Gasteiger partial charge in [0.05, 0.1) is 22.9 Å². The standard InChI is InChI=1S/C31H33ClF5N9O4S/c1-5-21-27(44-10-11-45(23-9-8-22(23)44)31(50)18-13-39-42-16(2)28(18)48)29(49)26-30(38-14-24(41-26)43(3)4)46(21)15-25(47)40-20-7-6-17(12-19(20)32)51(33,34,35,36)37/h6-7,12-14,22-23H,5,8-11,15H2,1-4H3,(H,39,48)(H,40,47)/t22-,23-/m0/s1. The van der Waals surface area contributed by atoms with E-state index in [2.05, 4.69) is 25.5 Å². The molecular weight excluding hydrogens is 725 g/mol. The first-order valence-corrected chi connectivity index (χ1v) is 18.1. The third kappa shape index (κ3) is 6.59. The van der Waals surface area contributed by atoms with Gasteiger partial charge < -0.3 is 24.6 Å². The number of halogens is 6. The van der Waals surface area contributed by atoms with E-state index in [0.29, 0.717) is 30.4 Å². The molecule has 1 aromatic carbocycles. The molecule has 51 heavy (non-hydrogen) atoms. The maximum atomic E-state index is 14.3. The van der Waals surface area contributed by atoms with Gasteiger partial charge in [-0.05, 0) is 44.4 Å². The topological polar surface area (TPSA) is 149 Å². The fourth-order valence-corrected chi connectivity index (χ4v) is 7.48. The minimum absolute atomic E-state index is 0.0373. The zero-order valence-electron chi connectivity index (χ0n) is 27.7. The lowest BCUT2D eigenvalue weighted by molar-refractivity contribution is -0.116. The predicted molar refractivity (Wildman–Crippen MR) is 184 cm³/mol. The van der Waals surface area contributed by atoms with E-state index >= 15 is 0 Å². The summed E-state index contributed by atoms with van der Waals surface area (Å²) < 4.78 is 68.2. The lowest BCUT2D eigenvalue weighted by Crippen LogP contribution is -2.67. The number of hydrogen-bond acceptors (Lipinski definition) is 9. The molecule has 2 N–H and O–H groups in total. The molecular formula is C31H33ClF5N9O4S. The number of fused-ring (bicyclic) bond motifs is 2. The number of pyridine rings is 1. The first-order chi connectivity index (χ1) is 23.7. The number of hydrogen-bond donors (Lipinski definition) is 2. The monoisotopic (exact) mass is 757 g/mol. The highest BCUT2D eigenvalue weighted by atomic mass is 35.5. The number of nitrogens with one attached hydrogen (secondary N) is 2. The van der Waals surface area contributed by atoms with Gasteiger partial charge in [0.15, 0.2) is 11.2 Å². The third-order valence-electron chi connectivity index (χ3n) is 9.16. The Bertz CT molecular complexity index is 2230. The van der Waals surface area contributed by atoms with Crippen LogP contribution >= 0.6 is 21.8 Å². The molecule has 2 aliphatic rings. The van der Waals surface area contributed by atoms with Crippen molar-refractivity contribution in [2.45, 2.75) is 56.6 Å². The van der Waals surface area contributed by atoms with E-state index in [1.807, 2.05) is 4.90 Å². The third-order valence-corrected chi connectivity index (χ3v) is 10.6. The number of nitrogens with zero attached hydrogens (tertiary/aromatic N) is 7.